The Hall–Kier alpha value is -2.76. The molecule has 0 spiro atoms. The first-order valence-electron chi connectivity index (χ1n) is 7.71. The number of aromatic amines is 1. The summed E-state index contributed by atoms with van der Waals surface area (Å²) in [5.41, 5.74) is 0.948. The maximum Gasteiger partial charge on any atom is 0.343 e. The highest BCUT2D eigenvalue weighted by molar-refractivity contribution is 6.01. The first kappa shape index (κ1) is 16.1. The molecule has 5 nitrogen and oxygen atoms in total. The largest absolute Gasteiger partial charge is 0.462 e. The lowest BCUT2D eigenvalue weighted by Gasteiger charge is -2.24. The topological polar surface area (TPSA) is 76.2 Å². The van der Waals surface area contributed by atoms with Crippen LogP contribution in [0.3, 0.4) is 0 Å². The Morgan fingerprint density at radius 3 is 2.62 bits per heavy atom. The van der Waals surface area contributed by atoms with E-state index < -0.39 is 11.5 Å². The predicted molar refractivity (Wildman–Crippen MR) is 84.8 cm³/mol. The number of H-pyrrole nitrogens is 1. The molecule has 1 N–H and O–H groups in total. The molecule has 0 radical (unpaired) electrons. The van der Waals surface area contributed by atoms with E-state index in [0.29, 0.717) is 17.7 Å². The summed E-state index contributed by atoms with van der Waals surface area (Å²) >= 11 is 0. The minimum absolute atomic E-state index is 0.130. The van der Waals surface area contributed by atoms with Crippen LogP contribution in [0.2, 0.25) is 0 Å². The number of hydrogen-bond acceptors (Lipinski definition) is 4. The Labute approximate surface area is 137 Å². The third-order valence-corrected chi connectivity index (χ3v) is 4.14. The van der Waals surface area contributed by atoms with Gasteiger partial charge in [-0.05, 0) is 43.0 Å². The first-order valence-corrected chi connectivity index (χ1v) is 7.71. The van der Waals surface area contributed by atoms with E-state index in [-0.39, 0.29) is 36.1 Å². The van der Waals surface area contributed by atoms with E-state index in [4.69, 9.17) is 4.74 Å². The van der Waals surface area contributed by atoms with Gasteiger partial charge in [0.1, 0.15) is 11.4 Å². The summed E-state index contributed by atoms with van der Waals surface area (Å²) < 4.78 is 17.9. The van der Waals surface area contributed by atoms with Gasteiger partial charge in [-0.25, -0.2) is 9.18 Å². The first-order chi connectivity index (χ1) is 11.5. The minimum atomic E-state index is -0.741. The van der Waals surface area contributed by atoms with Crippen LogP contribution in [0, 0.1) is 5.82 Å². The predicted octanol–water partition coefficient (Wildman–Crippen LogP) is 2.60. The fourth-order valence-corrected chi connectivity index (χ4v) is 2.96. The highest BCUT2D eigenvalue weighted by Crippen LogP contribution is 2.31. The van der Waals surface area contributed by atoms with Gasteiger partial charge in [0.05, 0.1) is 6.61 Å². The summed E-state index contributed by atoms with van der Waals surface area (Å²) in [6.45, 7) is 1.79. The number of carbonyl (C=O) groups excluding carboxylic acids is 2. The van der Waals surface area contributed by atoms with Crippen molar-refractivity contribution in [2.45, 2.75) is 25.7 Å². The van der Waals surface area contributed by atoms with Gasteiger partial charge in [-0.3, -0.25) is 9.59 Å². The van der Waals surface area contributed by atoms with Crippen molar-refractivity contribution in [1.29, 1.82) is 0 Å². The number of aromatic nitrogens is 1. The molecular formula is C18H16FNO4. The molecule has 24 heavy (non-hydrogen) atoms. The zero-order valence-corrected chi connectivity index (χ0v) is 13.1. The number of halogens is 1. The van der Waals surface area contributed by atoms with Crippen LogP contribution in [0.25, 0.3) is 0 Å². The molecule has 0 aliphatic heterocycles. The van der Waals surface area contributed by atoms with Crippen LogP contribution in [0.5, 0.6) is 0 Å². The van der Waals surface area contributed by atoms with Gasteiger partial charge in [-0.1, -0.05) is 12.1 Å². The average molecular weight is 329 g/mol. The number of ketones is 1. The van der Waals surface area contributed by atoms with Gasteiger partial charge >= 0.3 is 5.97 Å². The van der Waals surface area contributed by atoms with Crippen LogP contribution in [-0.2, 0) is 11.2 Å². The summed E-state index contributed by atoms with van der Waals surface area (Å²) in [7, 11) is 0. The van der Waals surface area contributed by atoms with E-state index >= 15 is 0 Å². The summed E-state index contributed by atoms with van der Waals surface area (Å²) in [5.74, 6) is -1.37. The number of hydrogen-bond donors (Lipinski definition) is 1. The van der Waals surface area contributed by atoms with E-state index in [1.165, 1.54) is 18.2 Å². The summed E-state index contributed by atoms with van der Waals surface area (Å²) in [5, 5.41) is 0. The quantitative estimate of drug-likeness (QED) is 0.878. The standard InChI is InChI=1S/C18H16FNO4/c1-2-24-18(23)14-9-13-15(20-17(14)22)7-11(8-16(13)21)10-3-5-12(19)6-4-10/h3-6,9,11H,2,7-8H2,1H3,(H,20,22)/t11-/m0/s1. The van der Waals surface area contributed by atoms with Crippen LogP contribution < -0.4 is 5.56 Å². The average Bonchev–Trinajstić information content (AvgIpc) is 2.55. The third kappa shape index (κ3) is 2.99. The normalized spacial score (nSPS) is 16.6. The number of fused-ring (bicyclic) bond motifs is 1. The van der Waals surface area contributed by atoms with Gasteiger partial charge in [-0.15, -0.1) is 0 Å². The Morgan fingerprint density at radius 2 is 1.96 bits per heavy atom. The molecule has 1 heterocycles. The second-order valence-corrected chi connectivity index (χ2v) is 5.70. The van der Waals surface area contributed by atoms with Gasteiger partial charge in [0.2, 0.25) is 0 Å². The van der Waals surface area contributed by atoms with Gasteiger partial charge in [0.25, 0.3) is 5.56 Å². The van der Waals surface area contributed by atoms with Crippen molar-refractivity contribution < 1.29 is 18.7 Å². The van der Waals surface area contributed by atoms with Crippen molar-refractivity contribution in [3.63, 3.8) is 0 Å². The molecule has 1 aromatic heterocycles. The van der Waals surface area contributed by atoms with E-state index in [2.05, 4.69) is 4.98 Å². The van der Waals surface area contributed by atoms with Crippen LogP contribution >= 0.6 is 0 Å². The Bertz CT molecular complexity index is 854. The highest BCUT2D eigenvalue weighted by atomic mass is 19.1. The molecule has 0 fully saturated rings. The molecule has 1 aliphatic rings. The van der Waals surface area contributed by atoms with Gasteiger partial charge in [0, 0.05) is 17.7 Å². The van der Waals surface area contributed by atoms with Gasteiger partial charge in [0.15, 0.2) is 5.78 Å². The lowest BCUT2D eigenvalue weighted by atomic mass is 9.81. The molecule has 0 bridgehead atoms. The number of ether oxygens (including phenoxy) is 1. The number of esters is 1. The van der Waals surface area contributed by atoms with Crippen molar-refractivity contribution in [2.75, 3.05) is 6.61 Å². The molecule has 2 aromatic rings. The van der Waals surface area contributed by atoms with Crippen molar-refractivity contribution in [3.05, 3.63) is 68.9 Å². The molecule has 3 rings (SSSR count). The Balaban J connectivity index is 1.95. The van der Waals surface area contributed by atoms with Crippen molar-refractivity contribution in [2.24, 2.45) is 0 Å². The van der Waals surface area contributed by atoms with Crippen LogP contribution in [0.1, 0.15) is 51.2 Å². The fourth-order valence-electron chi connectivity index (χ4n) is 2.96. The molecule has 1 aliphatic carbocycles. The van der Waals surface area contributed by atoms with Crippen LogP contribution in [-0.4, -0.2) is 23.3 Å². The van der Waals surface area contributed by atoms with E-state index in [1.807, 2.05) is 0 Å². The fraction of sp³-hybridized carbons (Fsp3) is 0.278. The second-order valence-electron chi connectivity index (χ2n) is 5.70. The number of pyridine rings is 1. The second kappa shape index (κ2) is 6.39. The lowest BCUT2D eigenvalue weighted by Crippen LogP contribution is -2.28. The SMILES string of the molecule is CCOC(=O)c1cc2c([nH]c1=O)C[C@H](c1ccc(F)cc1)CC2=O. The molecule has 1 aromatic carbocycles. The Kier molecular flexibility index (Phi) is 4.29. The maximum atomic E-state index is 13.0. The molecule has 0 saturated carbocycles. The molecule has 0 unspecified atom stereocenters. The van der Waals surface area contributed by atoms with Crippen molar-refractivity contribution in [3.8, 4) is 0 Å². The number of benzene rings is 1. The zero-order chi connectivity index (χ0) is 17.3. The monoisotopic (exact) mass is 329 g/mol. The van der Waals surface area contributed by atoms with E-state index in [1.54, 1.807) is 19.1 Å². The Morgan fingerprint density at radius 1 is 1.25 bits per heavy atom. The summed E-state index contributed by atoms with van der Waals surface area (Å²) in [6, 6.07) is 7.30. The number of rotatable bonds is 3. The highest BCUT2D eigenvalue weighted by Gasteiger charge is 2.29. The lowest BCUT2D eigenvalue weighted by molar-refractivity contribution is 0.0524. The molecular weight excluding hydrogens is 313 g/mol. The number of nitrogens with one attached hydrogen (secondary N) is 1. The van der Waals surface area contributed by atoms with Gasteiger partial charge < -0.3 is 9.72 Å². The molecule has 1 atom stereocenters. The molecule has 0 saturated heterocycles. The zero-order valence-electron chi connectivity index (χ0n) is 13.1. The van der Waals surface area contributed by atoms with Crippen molar-refractivity contribution >= 4 is 11.8 Å². The maximum absolute atomic E-state index is 13.0. The molecule has 6 heteroatoms. The van der Waals surface area contributed by atoms with Crippen molar-refractivity contribution in [1.82, 2.24) is 4.98 Å². The minimum Gasteiger partial charge on any atom is -0.462 e. The molecule has 124 valence electrons. The smallest absolute Gasteiger partial charge is 0.343 e. The van der Waals surface area contributed by atoms with Crippen LogP contribution in [0.4, 0.5) is 4.39 Å². The van der Waals surface area contributed by atoms with Gasteiger partial charge in [-0.2, -0.15) is 0 Å². The van der Waals surface area contributed by atoms with E-state index in [0.717, 1.165) is 5.56 Å². The van der Waals surface area contributed by atoms with E-state index in [9.17, 15) is 18.8 Å². The number of Topliss-reactive ketones (excluding diaryl/α,β-unsaturated/α-hetero) is 1. The number of carbonyl (C=O) groups is 2. The molecule has 0 amide bonds. The summed E-state index contributed by atoms with van der Waals surface area (Å²) in [4.78, 5) is 38.9. The summed E-state index contributed by atoms with van der Waals surface area (Å²) in [6.07, 6.45) is 0.692. The third-order valence-electron chi connectivity index (χ3n) is 4.14. The van der Waals surface area contributed by atoms with Crippen LogP contribution in [0.15, 0.2) is 35.1 Å².